The minimum atomic E-state index is -3.16. The van der Waals surface area contributed by atoms with Crippen LogP contribution >= 0.6 is 0 Å². The standard InChI is InChI=1S/C11H13F3N2O3/c1-2-18-10(17)5-16-8-4-9(19-11(13)14)6(12)3-7(8)15/h3-4,11,16H,2,5,15H2,1H3. The van der Waals surface area contributed by atoms with Gasteiger partial charge in [0.15, 0.2) is 11.6 Å². The summed E-state index contributed by atoms with van der Waals surface area (Å²) in [5.74, 6) is -2.22. The molecule has 0 radical (unpaired) electrons. The van der Waals surface area contributed by atoms with Gasteiger partial charge in [-0.2, -0.15) is 8.78 Å². The van der Waals surface area contributed by atoms with Crippen molar-refractivity contribution < 1.29 is 27.4 Å². The Morgan fingerprint density at radius 2 is 2.16 bits per heavy atom. The van der Waals surface area contributed by atoms with Gasteiger partial charge in [0.2, 0.25) is 0 Å². The third-order valence-corrected chi connectivity index (χ3v) is 2.05. The number of carbonyl (C=O) groups excluding carboxylic acids is 1. The fourth-order valence-electron chi connectivity index (χ4n) is 1.29. The van der Waals surface area contributed by atoms with E-state index >= 15 is 0 Å². The van der Waals surface area contributed by atoms with Gasteiger partial charge in [0.25, 0.3) is 0 Å². The van der Waals surface area contributed by atoms with Crippen LogP contribution in [-0.2, 0) is 9.53 Å². The number of benzene rings is 1. The number of hydrogen-bond donors (Lipinski definition) is 2. The smallest absolute Gasteiger partial charge is 0.387 e. The van der Waals surface area contributed by atoms with Crippen LogP contribution in [0.2, 0.25) is 0 Å². The minimum Gasteiger partial charge on any atom is -0.465 e. The highest BCUT2D eigenvalue weighted by atomic mass is 19.3. The van der Waals surface area contributed by atoms with Gasteiger partial charge in [-0.3, -0.25) is 4.79 Å². The minimum absolute atomic E-state index is 0.0385. The molecule has 0 bridgehead atoms. The first-order valence-electron chi connectivity index (χ1n) is 5.37. The molecule has 8 heteroatoms. The summed E-state index contributed by atoms with van der Waals surface area (Å²) in [5.41, 5.74) is 5.55. The Morgan fingerprint density at radius 1 is 1.47 bits per heavy atom. The topological polar surface area (TPSA) is 73.6 Å². The van der Waals surface area contributed by atoms with Crippen molar-refractivity contribution in [2.24, 2.45) is 0 Å². The van der Waals surface area contributed by atoms with E-state index in [2.05, 4.69) is 14.8 Å². The number of nitrogen functional groups attached to an aromatic ring is 1. The van der Waals surface area contributed by atoms with E-state index in [4.69, 9.17) is 5.73 Å². The highest BCUT2D eigenvalue weighted by Gasteiger charge is 2.14. The SMILES string of the molecule is CCOC(=O)CNc1cc(OC(F)F)c(F)cc1N. The molecule has 0 spiro atoms. The molecule has 1 aromatic rings. The Morgan fingerprint density at radius 3 is 2.74 bits per heavy atom. The van der Waals surface area contributed by atoms with Crippen LogP contribution in [0.25, 0.3) is 0 Å². The van der Waals surface area contributed by atoms with Gasteiger partial charge in [-0.05, 0) is 6.92 Å². The van der Waals surface area contributed by atoms with Gasteiger partial charge < -0.3 is 20.5 Å². The lowest BCUT2D eigenvalue weighted by atomic mass is 10.2. The zero-order valence-corrected chi connectivity index (χ0v) is 10.1. The Hall–Kier alpha value is -2.12. The Bertz CT molecular complexity index is 455. The van der Waals surface area contributed by atoms with Gasteiger partial charge >= 0.3 is 12.6 Å². The molecule has 0 unspecified atom stereocenters. The summed E-state index contributed by atoms with van der Waals surface area (Å²) in [6, 6.07) is 1.78. The summed E-state index contributed by atoms with van der Waals surface area (Å²) >= 11 is 0. The second kappa shape index (κ2) is 6.72. The number of anilines is 2. The number of nitrogens with two attached hydrogens (primary N) is 1. The lowest BCUT2D eigenvalue weighted by molar-refractivity contribution is -0.140. The Kier molecular flexibility index (Phi) is 5.28. The molecule has 106 valence electrons. The molecule has 0 saturated heterocycles. The second-order valence-electron chi connectivity index (χ2n) is 3.41. The third kappa shape index (κ3) is 4.57. The highest BCUT2D eigenvalue weighted by molar-refractivity contribution is 5.78. The van der Waals surface area contributed by atoms with Crippen LogP contribution in [-0.4, -0.2) is 25.7 Å². The van der Waals surface area contributed by atoms with Gasteiger partial charge in [-0.15, -0.1) is 0 Å². The number of alkyl halides is 2. The molecule has 0 aliphatic heterocycles. The van der Waals surface area contributed by atoms with Crippen LogP contribution in [0.3, 0.4) is 0 Å². The monoisotopic (exact) mass is 278 g/mol. The number of hydrogen-bond acceptors (Lipinski definition) is 5. The molecule has 1 rings (SSSR count). The summed E-state index contributed by atoms with van der Waals surface area (Å²) in [5, 5.41) is 2.55. The number of nitrogens with one attached hydrogen (secondary N) is 1. The molecule has 3 N–H and O–H groups in total. The molecular weight excluding hydrogens is 265 g/mol. The zero-order valence-electron chi connectivity index (χ0n) is 10.1. The summed E-state index contributed by atoms with van der Waals surface area (Å²) in [6.45, 7) is -1.54. The van der Waals surface area contributed by atoms with E-state index in [1.807, 2.05) is 0 Å². The van der Waals surface area contributed by atoms with Crippen molar-refractivity contribution in [2.45, 2.75) is 13.5 Å². The van der Waals surface area contributed by atoms with E-state index < -0.39 is 24.1 Å². The predicted molar refractivity (Wildman–Crippen MR) is 62.6 cm³/mol. The molecule has 0 aromatic heterocycles. The molecule has 0 heterocycles. The maximum Gasteiger partial charge on any atom is 0.387 e. The fourth-order valence-corrected chi connectivity index (χ4v) is 1.29. The fraction of sp³-hybridized carbons (Fsp3) is 0.364. The zero-order chi connectivity index (χ0) is 14.4. The first kappa shape index (κ1) is 14.9. The van der Waals surface area contributed by atoms with E-state index in [0.29, 0.717) is 0 Å². The first-order valence-corrected chi connectivity index (χ1v) is 5.37. The maximum absolute atomic E-state index is 13.3. The molecular formula is C11H13F3N2O3. The van der Waals surface area contributed by atoms with E-state index in [-0.39, 0.29) is 24.5 Å². The molecule has 0 fully saturated rings. The van der Waals surface area contributed by atoms with Gasteiger partial charge in [-0.25, -0.2) is 4.39 Å². The van der Waals surface area contributed by atoms with E-state index in [0.717, 1.165) is 12.1 Å². The first-order chi connectivity index (χ1) is 8.93. The van der Waals surface area contributed by atoms with Crippen molar-refractivity contribution in [1.29, 1.82) is 0 Å². The average molecular weight is 278 g/mol. The van der Waals surface area contributed by atoms with E-state index in [1.165, 1.54) is 0 Å². The van der Waals surface area contributed by atoms with Crippen molar-refractivity contribution >= 4 is 17.3 Å². The van der Waals surface area contributed by atoms with Crippen LogP contribution in [0.4, 0.5) is 24.5 Å². The van der Waals surface area contributed by atoms with Gasteiger partial charge in [0, 0.05) is 12.1 Å². The van der Waals surface area contributed by atoms with Crippen LogP contribution in [0.15, 0.2) is 12.1 Å². The van der Waals surface area contributed by atoms with Crippen molar-refractivity contribution in [3.8, 4) is 5.75 Å². The molecule has 0 saturated carbocycles. The predicted octanol–water partition coefficient (Wildman–Crippen LogP) is 1.98. The van der Waals surface area contributed by atoms with Gasteiger partial charge in [0.05, 0.1) is 18.0 Å². The van der Waals surface area contributed by atoms with Crippen LogP contribution < -0.4 is 15.8 Å². The quantitative estimate of drug-likeness (QED) is 0.615. The van der Waals surface area contributed by atoms with Crippen molar-refractivity contribution in [1.82, 2.24) is 0 Å². The number of carbonyl (C=O) groups is 1. The highest BCUT2D eigenvalue weighted by Crippen LogP contribution is 2.29. The normalized spacial score (nSPS) is 10.4. The lowest BCUT2D eigenvalue weighted by Gasteiger charge is -2.12. The van der Waals surface area contributed by atoms with E-state index in [9.17, 15) is 18.0 Å². The summed E-state index contributed by atoms with van der Waals surface area (Å²) in [7, 11) is 0. The number of ether oxygens (including phenoxy) is 2. The number of rotatable bonds is 6. The molecule has 19 heavy (non-hydrogen) atoms. The molecule has 1 aromatic carbocycles. The average Bonchev–Trinajstić information content (AvgIpc) is 2.31. The van der Waals surface area contributed by atoms with Crippen LogP contribution in [0.1, 0.15) is 6.92 Å². The molecule has 0 atom stereocenters. The summed E-state index contributed by atoms with van der Waals surface area (Å²) in [4.78, 5) is 11.1. The summed E-state index contributed by atoms with van der Waals surface area (Å²) in [6.07, 6.45) is 0. The third-order valence-electron chi connectivity index (χ3n) is 2.05. The largest absolute Gasteiger partial charge is 0.465 e. The number of esters is 1. The Balaban J connectivity index is 2.79. The summed E-state index contributed by atoms with van der Waals surface area (Å²) < 4.78 is 45.9. The maximum atomic E-state index is 13.3. The van der Waals surface area contributed by atoms with Crippen molar-refractivity contribution in [3.63, 3.8) is 0 Å². The molecule has 5 nitrogen and oxygen atoms in total. The van der Waals surface area contributed by atoms with Crippen molar-refractivity contribution in [2.75, 3.05) is 24.2 Å². The Labute approximate surface area is 107 Å². The molecule has 0 amide bonds. The molecule has 0 aliphatic rings. The molecule has 0 aliphatic carbocycles. The second-order valence-corrected chi connectivity index (χ2v) is 3.41. The number of halogens is 3. The van der Waals surface area contributed by atoms with Crippen LogP contribution in [0.5, 0.6) is 5.75 Å². The van der Waals surface area contributed by atoms with Gasteiger partial charge in [-0.1, -0.05) is 0 Å². The van der Waals surface area contributed by atoms with E-state index in [1.54, 1.807) is 6.92 Å². The van der Waals surface area contributed by atoms with Crippen molar-refractivity contribution in [3.05, 3.63) is 17.9 Å². The van der Waals surface area contributed by atoms with Gasteiger partial charge in [0.1, 0.15) is 6.54 Å². The lowest BCUT2D eigenvalue weighted by Crippen LogP contribution is -2.17. The van der Waals surface area contributed by atoms with Crippen LogP contribution in [0, 0.1) is 5.82 Å².